The van der Waals surface area contributed by atoms with Crippen LogP contribution in [0, 0.1) is 6.92 Å². The van der Waals surface area contributed by atoms with Gasteiger partial charge >= 0.3 is 0 Å². The molecule has 0 aromatic carbocycles. The number of carbonyl (C=O) groups excluding carboxylic acids is 2. The molecule has 2 rings (SSSR count). The van der Waals surface area contributed by atoms with Crippen molar-refractivity contribution >= 4 is 17.5 Å². The molecule has 5 nitrogen and oxygen atoms in total. The van der Waals surface area contributed by atoms with Crippen LogP contribution >= 0.6 is 0 Å². The van der Waals surface area contributed by atoms with Crippen LogP contribution in [0.5, 0.6) is 0 Å². The van der Waals surface area contributed by atoms with Crippen LogP contribution < -0.4 is 10.2 Å². The zero-order valence-corrected chi connectivity index (χ0v) is 10.9. The van der Waals surface area contributed by atoms with Gasteiger partial charge in [0.2, 0.25) is 5.91 Å². The normalized spacial score (nSPS) is 19.4. The van der Waals surface area contributed by atoms with Crippen molar-refractivity contribution in [1.82, 2.24) is 10.3 Å². The molecule has 1 saturated heterocycles. The van der Waals surface area contributed by atoms with Crippen molar-refractivity contribution in [3.05, 3.63) is 24.0 Å². The first-order valence-corrected chi connectivity index (χ1v) is 5.96. The van der Waals surface area contributed by atoms with Crippen molar-refractivity contribution in [3.8, 4) is 0 Å². The Balaban J connectivity index is 2.34. The van der Waals surface area contributed by atoms with E-state index in [0.717, 1.165) is 11.4 Å². The van der Waals surface area contributed by atoms with Crippen LogP contribution in [0.2, 0.25) is 0 Å². The lowest BCUT2D eigenvalue weighted by Gasteiger charge is -2.28. The number of nitrogens with one attached hydrogen (secondary N) is 1. The molecular weight excluding hydrogens is 230 g/mol. The lowest BCUT2D eigenvalue weighted by molar-refractivity contribution is -0.128. The molecule has 1 aliphatic rings. The van der Waals surface area contributed by atoms with Crippen molar-refractivity contribution in [2.45, 2.75) is 32.7 Å². The molecule has 0 bridgehead atoms. The Hall–Kier alpha value is -1.91. The molecule has 5 heteroatoms. The average molecular weight is 247 g/mol. The molecule has 1 N–H and O–H groups in total. The smallest absolute Gasteiger partial charge is 0.252 e. The largest absolute Gasteiger partial charge is 0.342 e. The second-order valence-corrected chi connectivity index (χ2v) is 5.04. The Labute approximate surface area is 106 Å². The molecule has 0 saturated carbocycles. The number of amides is 2. The summed E-state index contributed by atoms with van der Waals surface area (Å²) in [5, 5.41) is 2.73. The van der Waals surface area contributed by atoms with Gasteiger partial charge in [-0.1, -0.05) is 0 Å². The molecule has 0 unspecified atom stereocenters. The van der Waals surface area contributed by atoms with E-state index < -0.39 is 5.54 Å². The van der Waals surface area contributed by atoms with Crippen molar-refractivity contribution in [1.29, 1.82) is 0 Å². The van der Waals surface area contributed by atoms with E-state index in [1.54, 1.807) is 24.9 Å². The molecule has 2 heterocycles. The van der Waals surface area contributed by atoms with E-state index >= 15 is 0 Å². The molecule has 1 fully saturated rings. The molecule has 2 amide bonds. The number of hydrogen-bond donors (Lipinski definition) is 1. The summed E-state index contributed by atoms with van der Waals surface area (Å²) >= 11 is 0. The SMILES string of the molecule is Cc1ccc(N2CCC(=O)NC(C)(C)C2=O)cn1. The van der Waals surface area contributed by atoms with E-state index in [0.29, 0.717) is 13.0 Å². The summed E-state index contributed by atoms with van der Waals surface area (Å²) in [6.07, 6.45) is 1.97. The maximum absolute atomic E-state index is 12.4. The number of anilines is 1. The third-order valence-electron chi connectivity index (χ3n) is 3.00. The number of nitrogens with zero attached hydrogens (tertiary/aromatic N) is 2. The second kappa shape index (κ2) is 4.40. The monoisotopic (exact) mass is 247 g/mol. The summed E-state index contributed by atoms with van der Waals surface area (Å²) in [4.78, 5) is 29.8. The van der Waals surface area contributed by atoms with Gasteiger partial charge in [-0.05, 0) is 32.9 Å². The zero-order valence-electron chi connectivity index (χ0n) is 10.9. The van der Waals surface area contributed by atoms with Gasteiger partial charge in [0, 0.05) is 18.7 Å². The van der Waals surface area contributed by atoms with E-state index in [1.807, 2.05) is 19.1 Å². The van der Waals surface area contributed by atoms with Gasteiger partial charge in [-0.3, -0.25) is 14.6 Å². The summed E-state index contributed by atoms with van der Waals surface area (Å²) in [7, 11) is 0. The molecule has 18 heavy (non-hydrogen) atoms. The van der Waals surface area contributed by atoms with Gasteiger partial charge in [-0.25, -0.2) is 0 Å². The zero-order chi connectivity index (χ0) is 13.3. The van der Waals surface area contributed by atoms with Gasteiger partial charge < -0.3 is 10.2 Å². The highest BCUT2D eigenvalue weighted by Gasteiger charge is 2.37. The van der Waals surface area contributed by atoms with E-state index in [4.69, 9.17) is 0 Å². The summed E-state index contributed by atoms with van der Waals surface area (Å²) in [6.45, 7) is 5.71. The van der Waals surface area contributed by atoms with Gasteiger partial charge in [0.05, 0.1) is 11.9 Å². The number of hydrogen-bond acceptors (Lipinski definition) is 3. The van der Waals surface area contributed by atoms with Crippen molar-refractivity contribution in [2.24, 2.45) is 0 Å². The first kappa shape index (κ1) is 12.5. The third-order valence-corrected chi connectivity index (χ3v) is 3.00. The van der Waals surface area contributed by atoms with Crippen LogP contribution in [0.3, 0.4) is 0 Å². The lowest BCUT2D eigenvalue weighted by Crippen LogP contribution is -2.53. The molecular formula is C13H17N3O2. The molecule has 1 aromatic rings. The van der Waals surface area contributed by atoms with Gasteiger partial charge in [-0.2, -0.15) is 0 Å². The summed E-state index contributed by atoms with van der Waals surface area (Å²) in [6, 6.07) is 3.71. The number of aryl methyl sites for hydroxylation is 1. The number of rotatable bonds is 1. The molecule has 96 valence electrons. The lowest BCUT2D eigenvalue weighted by atomic mass is 10.0. The Morgan fingerprint density at radius 1 is 1.33 bits per heavy atom. The highest BCUT2D eigenvalue weighted by atomic mass is 16.2. The minimum absolute atomic E-state index is 0.101. The van der Waals surface area contributed by atoms with E-state index in [2.05, 4.69) is 10.3 Å². The maximum Gasteiger partial charge on any atom is 0.252 e. The number of pyridine rings is 1. The van der Waals surface area contributed by atoms with E-state index in [1.165, 1.54) is 0 Å². The fourth-order valence-corrected chi connectivity index (χ4v) is 1.98. The average Bonchev–Trinajstić information content (AvgIpc) is 2.39. The molecule has 1 aliphatic heterocycles. The second-order valence-electron chi connectivity index (χ2n) is 5.04. The van der Waals surface area contributed by atoms with Crippen LogP contribution in [0.15, 0.2) is 18.3 Å². The van der Waals surface area contributed by atoms with Crippen molar-refractivity contribution < 1.29 is 9.59 Å². The van der Waals surface area contributed by atoms with Crippen LogP contribution in [0.4, 0.5) is 5.69 Å². The topological polar surface area (TPSA) is 62.3 Å². The predicted molar refractivity (Wildman–Crippen MR) is 68.2 cm³/mol. The molecule has 1 aromatic heterocycles. The summed E-state index contributed by atoms with van der Waals surface area (Å²) < 4.78 is 0. The van der Waals surface area contributed by atoms with Crippen molar-refractivity contribution in [3.63, 3.8) is 0 Å². The van der Waals surface area contributed by atoms with Crippen LogP contribution in [-0.4, -0.2) is 28.9 Å². The van der Waals surface area contributed by atoms with Gasteiger partial charge in [-0.15, -0.1) is 0 Å². The highest BCUT2D eigenvalue weighted by Crippen LogP contribution is 2.20. The highest BCUT2D eigenvalue weighted by molar-refractivity contribution is 6.03. The maximum atomic E-state index is 12.4. The van der Waals surface area contributed by atoms with Crippen LogP contribution in [0.25, 0.3) is 0 Å². The quantitative estimate of drug-likeness (QED) is 0.806. The van der Waals surface area contributed by atoms with Crippen LogP contribution in [-0.2, 0) is 9.59 Å². The Bertz CT molecular complexity index is 480. The number of carbonyl (C=O) groups is 2. The standard InChI is InChI=1S/C13H17N3O2/c1-9-4-5-10(8-14-9)16-7-6-11(17)15-13(2,3)12(16)18/h4-5,8H,6-7H2,1-3H3,(H,15,17). The molecule has 0 aliphatic carbocycles. The van der Waals surface area contributed by atoms with Gasteiger partial charge in [0.15, 0.2) is 0 Å². The summed E-state index contributed by atoms with van der Waals surface area (Å²) in [5.41, 5.74) is 0.753. The summed E-state index contributed by atoms with van der Waals surface area (Å²) in [5.74, 6) is -0.213. The fraction of sp³-hybridized carbons (Fsp3) is 0.462. The van der Waals surface area contributed by atoms with E-state index in [-0.39, 0.29) is 11.8 Å². The van der Waals surface area contributed by atoms with Crippen molar-refractivity contribution in [2.75, 3.05) is 11.4 Å². The number of aromatic nitrogens is 1. The minimum Gasteiger partial charge on any atom is -0.342 e. The molecule has 0 atom stereocenters. The van der Waals surface area contributed by atoms with Crippen LogP contribution in [0.1, 0.15) is 26.0 Å². The Morgan fingerprint density at radius 2 is 2.06 bits per heavy atom. The van der Waals surface area contributed by atoms with Gasteiger partial charge in [0.1, 0.15) is 5.54 Å². The predicted octanol–water partition coefficient (Wildman–Crippen LogP) is 1.02. The first-order chi connectivity index (χ1) is 8.40. The molecule has 0 radical (unpaired) electrons. The fourth-order valence-electron chi connectivity index (χ4n) is 1.98. The molecule has 0 spiro atoms. The Morgan fingerprint density at radius 3 is 2.67 bits per heavy atom. The Kier molecular flexibility index (Phi) is 3.07. The van der Waals surface area contributed by atoms with E-state index in [9.17, 15) is 9.59 Å². The first-order valence-electron chi connectivity index (χ1n) is 5.96. The minimum atomic E-state index is -0.877. The van der Waals surface area contributed by atoms with Gasteiger partial charge in [0.25, 0.3) is 5.91 Å². The third kappa shape index (κ3) is 2.34.